The number of nitriles is 1. The molecule has 0 aliphatic rings. The molecule has 1 aromatic rings. The summed E-state index contributed by atoms with van der Waals surface area (Å²) in [6.07, 6.45) is 1.23. The van der Waals surface area contributed by atoms with Gasteiger partial charge in [-0.1, -0.05) is 11.6 Å². The van der Waals surface area contributed by atoms with Gasteiger partial charge in [-0.15, -0.1) is 0 Å². The van der Waals surface area contributed by atoms with E-state index in [1.807, 2.05) is 0 Å². The van der Waals surface area contributed by atoms with E-state index in [2.05, 4.69) is 0 Å². The third-order valence-electron chi connectivity index (χ3n) is 1.02. The number of pyridine rings is 1. The van der Waals surface area contributed by atoms with Crippen LogP contribution in [0, 0.1) is 16.5 Å². The Bertz CT molecular complexity index is 272. The zero-order valence-corrected chi connectivity index (χ0v) is 5.67. The van der Waals surface area contributed by atoms with Crippen LogP contribution >= 0.6 is 11.6 Å². The maximum atomic E-state index is 10.7. The Morgan fingerprint density at radius 3 is 2.80 bits per heavy atom. The predicted molar refractivity (Wildman–Crippen MR) is 35.1 cm³/mol. The Morgan fingerprint density at radius 1 is 1.70 bits per heavy atom. The summed E-state index contributed by atoms with van der Waals surface area (Å²) in [5.41, 5.74) is -0.0656. The molecule has 0 saturated heterocycles. The third kappa shape index (κ3) is 1.02. The van der Waals surface area contributed by atoms with Crippen molar-refractivity contribution in [3.8, 4) is 6.07 Å². The van der Waals surface area contributed by atoms with Crippen molar-refractivity contribution in [2.45, 2.75) is 0 Å². The van der Waals surface area contributed by atoms with E-state index in [9.17, 15) is 5.21 Å². The molecular weight excluding hydrogens is 152 g/mol. The monoisotopic (exact) mass is 154 g/mol. The first kappa shape index (κ1) is 6.84. The summed E-state index contributed by atoms with van der Waals surface area (Å²) in [5.74, 6) is 0. The predicted octanol–water partition coefficient (Wildman–Crippen LogP) is 0.845. The summed E-state index contributed by atoms with van der Waals surface area (Å²) in [7, 11) is 0. The molecule has 0 fully saturated rings. The molecule has 1 rings (SSSR count). The lowest BCUT2D eigenvalue weighted by molar-refractivity contribution is -0.608. The lowest BCUT2D eigenvalue weighted by Gasteiger charge is -1.96. The van der Waals surface area contributed by atoms with Gasteiger partial charge in [-0.05, 0) is 6.07 Å². The van der Waals surface area contributed by atoms with E-state index in [-0.39, 0.29) is 10.7 Å². The lowest BCUT2D eigenvalue weighted by atomic mass is 10.4. The summed E-state index contributed by atoms with van der Waals surface area (Å²) in [6.45, 7) is 0. The molecule has 0 saturated carbocycles. The van der Waals surface area contributed by atoms with Gasteiger partial charge in [-0.3, -0.25) is 0 Å². The summed E-state index contributed by atoms with van der Waals surface area (Å²) in [5, 5.41) is 19.2. The van der Waals surface area contributed by atoms with Gasteiger partial charge in [0, 0.05) is 6.07 Å². The average Bonchev–Trinajstić information content (AvgIpc) is 1.88. The largest absolute Gasteiger partial charge is 0.618 e. The zero-order chi connectivity index (χ0) is 7.56. The van der Waals surface area contributed by atoms with Crippen LogP contribution < -0.4 is 4.73 Å². The maximum Gasteiger partial charge on any atom is 0.313 e. The molecule has 1 heterocycles. The highest BCUT2D eigenvalue weighted by Crippen LogP contribution is 2.08. The van der Waals surface area contributed by atoms with Crippen LogP contribution in [0.4, 0.5) is 0 Å². The van der Waals surface area contributed by atoms with Gasteiger partial charge in [0.1, 0.15) is 5.02 Å². The minimum Gasteiger partial charge on any atom is -0.618 e. The van der Waals surface area contributed by atoms with Crippen molar-refractivity contribution in [1.29, 1.82) is 5.26 Å². The van der Waals surface area contributed by atoms with Crippen LogP contribution in [0.2, 0.25) is 5.02 Å². The van der Waals surface area contributed by atoms with Crippen molar-refractivity contribution < 1.29 is 4.73 Å². The smallest absolute Gasteiger partial charge is 0.313 e. The Morgan fingerprint density at radius 2 is 2.40 bits per heavy atom. The second-order valence-corrected chi connectivity index (χ2v) is 2.05. The molecule has 3 nitrogen and oxygen atoms in total. The molecule has 0 spiro atoms. The number of halogens is 1. The van der Waals surface area contributed by atoms with E-state index in [4.69, 9.17) is 16.9 Å². The SMILES string of the molecule is N#Cc1c(Cl)ccc[n+]1[O-]. The van der Waals surface area contributed by atoms with E-state index in [0.717, 1.165) is 0 Å². The van der Waals surface area contributed by atoms with Crippen LogP contribution in [0.1, 0.15) is 5.69 Å². The van der Waals surface area contributed by atoms with Gasteiger partial charge in [-0.25, -0.2) is 0 Å². The number of hydrogen-bond donors (Lipinski definition) is 0. The number of aromatic nitrogens is 1. The Labute approximate surface area is 62.7 Å². The zero-order valence-electron chi connectivity index (χ0n) is 4.91. The van der Waals surface area contributed by atoms with Crippen LogP contribution in [0.3, 0.4) is 0 Å². The Kier molecular flexibility index (Phi) is 1.74. The maximum absolute atomic E-state index is 10.7. The molecule has 0 bridgehead atoms. The first-order valence-corrected chi connectivity index (χ1v) is 2.91. The number of hydrogen-bond acceptors (Lipinski definition) is 2. The summed E-state index contributed by atoms with van der Waals surface area (Å²) in [4.78, 5) is 0. The van der Waals surface area contributed by atoms with Crippen molar-refractivity contribution in [3.05, 3.63) is 34.3 Å². The van der Waals surface area contributed by atoms with E-state index in [1.54, 1.807) is 6.07 Å². The van der Waals surface area contributed by atoms with E-state index in [0.29, 0.717) is 4.73 Å². The summed E-state index contributed by atoms with van der Waals surface area (Å²) in [6, 6.07) is 4.66. The van der Waals surface area contributed by atoms with Gasteiger partial charge in [0.15, 0.2) is 12.3 Å². The fourth-order valence-electron chi connectivity index (χ4n) is 0.567. The normalized spacial score (nSPS) is 8.80. The van der Waals surface area contributed by atoms with Crippen molar-refractivity contribution in [3.63, 3.8) is 0 Å². The molecule has 0 aliphatic carbocycles. The summed E-state index contributed by atoms with van der Waals surface area (Å²) < 4.78 is 0.433. The fraction of sp³-hybridized carbons (Fsp3) is 0. The molecule has 0 aromatic carbocycles. The van der Waals surface area contributed by atoms with Crippen LogP contribution in [0.15, 0.2) is 18.3 Å². The topological polar surface area (TPSA) is 50.7 Å². The highest BCUT2D eigenvalue weighted by molar-refractivity contribution is 6.31. The standard InChI is InChI=1S/C6H3ClN2O/c7-5-2-1-3-9(10)6(5)4-8/h1-3H. The molecule has 0 unspecified atom stereocenters. The van der Waals surface area contributed by atoms with Crippen molar-refractivity contribution in [2.75, 3.05) is 0 Å². The van der Waals surface area contributed by atoms with Gasteiger partial charge in [0.2, 0.25) is 0 Å². The number of nitrogens with zero attached hydrogens (tertiary/aromatic N) is 2. The highest BCUT2D eigenvalue weighted by atomic mass is 35.5. The van der Waals surface area contributed by atoms with Crippen LogP contribution in [0.5, 0.6) is 0 Å². The van der Waals surface area contributed by atoms with Gasteiger partial charge in [0.25, 0.3) is 0 Å². The van der Waals surface area contributed by atoms with E-state index < -0.39 is 0 Å². The molecule has 0 amide bonds. The quantitative estimate of drug-likeness (QED) is 0.411. The minimum absolute atomic E-state index is 0.0656. The molecule has 4 heteroatoms. The molecule has 1 aromatic heterocycles. The fourth-order valence-corrected chi connectivity index (χ4v) is 0.765. The minimum atomic E-state index is -0.0656. The Balaban J connectivity index is 3.34. The Hall–Kier alpha value is -1.27. The van der Waals surface area contributed by atoms with Gasteiger partial charge >= 0.3 is 5.69 Å². The van der Waals surface area contributed by atoms with Crippen LogP contribution in [0.25, 0.3) is 0 Å². The second-order valence-electron chi connectivity index (χ2n) is 1.64. The first-order valence-electron chi connectivity index (χ1n) is 2.53. The first-order chi connectivity index (χ1) is 4.75. The van der Waals surface area contributed by atoms with Gasteiger partial charge in [0.05, 0.1) is 0 Å². The number of rotatable bonds is 0. The second kappa shape index (κ2) is 2.54. The molecular formula is C6H3ClN2O. The van der Waals surface area contributed by atoms with Crippen molar-refractivity contribution in [2.24, 2.45) is 0 Å². The van der Waals surface area contributed by atoms with E-state index in [1.165, 1.54) is 18.3 Å². The van der Waals surface area contributed by atoms with Crippen LogP contribution in [-0.2, 0) is 0 Å². The lowest BCUT2D eigenvalue weighted by Crippen LogP contribution is -2.29. The average molecular weight is 155 g/mol. The molecule has 50 valence electrons. The third-order valence-corrected chi connectivity index (χ3v) is 1.32. The van der Waals surface area contributed by atoms with Crippen molar-refractivity contribution in [1.82, 2.24) is 0 Å². The molecule has 0 radical (unpaired) electrons. The molecule has 0 atom stereocenters. The summed E-state index contributed by atoms with van der Waals surface area (Å²) >= 11 is 5.49. The molecule has 0 N–H and O–H groups in total. The molecule has 0 aliphatic heterocycles. The molecule has 10 heavy (non-hydrogen) atoms. The van der Waals surface area contributed by atoms with Crippen molar-refractivity contribution >= 4 is 11.6 Å². The highest BCUT2D eigenvalue weighted by Gasteiger charge is 2.07. The van der Waals surface area contributed by atoms with Gasteiger partial charge < -0.3 is 5.21 Å². The van der Waals surface area contributed by atoms with Gasteiger partial charge in [-0.2, -0.15) is 9.99 Å². The van der Waals surface area contributed by atoms with Crippen LogP contribution in [-0.4, -0.2) is 0 Å². The van der Waals surface area contributed by atoms with E-state index >= 15 is 0 Å².